The van der Waals surface area contributed by atoms with Gasteiger partial charge in [0.05, 0.1) is 0 Å². The normalized spacial score (nSPS) is 21.5. The minimum Gasteiger partial charge on any atom is -0.399 e. The summed E-state index contributed by atoms with van der Waals surface area (Å²) in [5.74, 6) is 0.948. The largest absolute Gasteiger partial charge is 0.399 e. The van der Waals surface area contributed by atoms with Gasteiger partial charge in [0.25, 0.3) is 0 Å². The first kappa shape index (κ1) is 7.61. The summed E-state index contributed by atoms with van der Waals surface area (Å²) in [4.78, 5) is 0. The molecule has 62 valence electrons. The maximum Gasteiger partial charge on any atom is 0.108 e. The van der Waals surface area contributed by atoms with Crippen LogP contribution in [0.15, 0.2) is 33.9 Å². The Hall–Kier alpha value is -1.03. The minimum atomic E-state index is 0.232. The third-order valence-corrected chi connectivity index (χ3v) is 2.47. The summed E-state index contributed by atoms with van der Waals surface area (Å²) < 4.78 is 3.87. The van der Waals surface area contributed by atoms with Crippen LogP contribution in [0.2, 0.25) is 0 Å². The van der Waals surface area contributed by atoms with E-state index in [2.05, 4.69) is 9.63 Å². The van der Waals surface area contributed by atoms with Gasteiger partial charge in [-0.1, -0.05) is 12.1 Å². The van der Waals surface area contributed by atoms with Crippen molar-refractivity contribution >= 4 is 17.6 Å². The van der Waals surface area contributed by atoms with E-state index >= 15 is 0 Å². The molecule has 3 nitrogen and oxygen atoms in total. The lowest BCUT2D eigenvalue weighted by atomic mass is 10.1. The Morgan fingerprint density at radius 2 is 2.08 bits per heavy atom. The predicted molar refractivity (Wildman–Crippen MR) is 50.9 cm³/mol. The number of hydrogen-bond acceptors (Lipinski definition) is 4. The van der Waals surface area contributed by atoms with Crippen molar-refractivity contribution in [1.29, 1.82) is 0 Å². The van der Waals surface area contributed by atoms with Gasteiger partial charge >= 0.3 is 0 Å². The highest BCUT2D eigenvalue weighted by molar-refractivity contribution is 7.98. The highest BCUT2D eigenvalue weighted by Crippen LogP contribution is 2.30. The lowest BCUT2D eigenvalue weighted by molar-refractivity contribution is 0.816. The van der Waals surface area contributed by atoms with E-state index in [9.17, 15) is 0 Å². The average molecular weight is 179 g/mol. The molecule has 1 atom stereocenters. The van der Waals surface area contributed by atoms with Crippen LogP contribution in [0.4, 0.5) is 5.69 Å². The number of hydrogen-bond donors (Lipinski definition) is 1. The number of rotatable bonds is 1. The molecule has 0 saturated carbocycles. The van der Waals surface area contributed by atoms with Crippen molar-refractivity contribution in [2.24, 2.45) is 9.63 Å². The fourth-order valence-corrected chi connectivity index (χ4v) is 1.76. The van der Waals surface area contributed by atoms with Crippen molar-refractivity contribution in [1.82, 2.24) is 0 Å². The maximum absolute atomic E-state index is 5.57. The molecule has 0 bridgehead atoms. The quantitative estimate of drug-likeness (QED) is 0.531. The van der Waals surface area contributed by atoms with Crippen molar-refractivity contribution in [3.63, 3.8) is 0 Å². The first-order chi connectivity index (χ1) is 5.86. The van der Waals surface area contributed by atoms with Crippen LogP contribution in [-0.2, 0) is 0 Å². The molecule has 0 radical (unpaired) electrons. The Labute approximate surface area is 75.2 Å². The van der Waals surface area contributed by atoms with Crippen molar-refractivity contribution in [2.75, 3.05) is 11.5 Å². The molecule has 1 aliphatic rings. The highest BCUT2D eigenvalue weighted by Gasteiger charge is 2.14. The lowest BCUT2D eigenvalue weighted by Crippen LogP contribution is -1.94. The van der Waals surface area contributed by atoms with Gasteiger partial charge in [0.2, 0.25) is 0 Å². The fourth-order valence-electron chi connectivity index (χ4n) is 1.11. The third-order valence-electron chi connectivity index (χ3n) is 1.80. The van der Waals surface area contributed by atoms with Gasteiger partial charge in [-0.25, -0.2) is 0 Å². The zero-order valence-corrected chi connectivity index (χ0v) is 7.29. The molecule has 0 aliphatic carbocycles. The second-order valence-electron chi connectivity index (χ2n) is 2.68. The standard InChI is InChI=1S/C8H9N3S/c9-7-3-1-6(2-4-7)8-5-12-11-10-8/h1-4,8H,5,9H2. The molecule has 0 amide bonds. The summed E-state index contributed by atoms with van der Waals surface area (Å²) in [5.41, 5.74) is 7.55. The van der Waals surface area contributed by atoms with Gasteiger partial charge in [-0.15, -0.1) is 4.52 Å². The SMILES string of the molecule is Nc1ccc(C2CSN=N2)cc1. The molecule has 1 aromatic carbocycles. The van der Waals surface area contributed by atoms with Gasteiger partial charge in [-0.2, -0.15) is 5.11 Å². The van der Waals surface area contributed by atoms with Crippen molar-refractivity contribution in [3.05, 3.63) is 29.8 Å². The molecule has 12 heavy (non-hydrogen) atoms. The van der Waals surface area contributed by atoms with Crippen LogP contribution in [0, 0.1) is 0 Å². The van der Waals surface area contributed by atoms with Crippen LogP contribution in [-0.4, -0.2) is 5.75 Å². The van der Waals surface area contributed by atoms with Crippen LogP contribution >= 0.6 is 11.9 Å². The van der Waals surface area contributed by atoms with E-state index in [-0.39, 0.29) is 6.04 Å². The summed E-state index contributed by atoms with van der Waals surface area (Å²) >= 11 is 1.51. The van der Waals surface area contributed by atoms with Crippen LogP contribution in [0.5, 0.6) is 0 Å². The number of anilines is 1. The van der Waals surface area contributed by atoms with E-state index < -0.39 is 0 Å². The van der Waals surface area contributed by atoms with Gasteiger partial charge in [0.15, 0.2) is 0 Å². The molecule has 1 unspecified atom stereocenters. The monoisotopic (exact) mass is 179 g/mol. The molecule has 0 aromatic heterocycles. The Morgan fingerprint density at radius 3 is 2.67 bits per heavy atom. The summed E-state index contributed by atoms with van der Waals surface area (Å²) in [6.07, 6.45) is 0. The third kappa shape index (κ3) is 1.43. The molecule has 2 rings (SSSR count). The van der Waals surface area contributed by atoms with E-state index in [0.717, 1.165) is 11.4 Å². The molecule has 1 aliphatic heterocycles. The van der Waals surface area contributed by atoms with Gasteiger partial charge < -0.3 is 5.73 Å². The highest BCUT2D eigenvalue weighted by atomic mass is 32.2. The maximum atomic E-state index is 5.57. The summed E-state index contributed by atoms with van der Waals surface area (Å²) in [6, 6.07) is 8.04. The zero-order chi connectivity index (χ0) is 8.39. The van der Waals surface area contributed by atoms with Crippen molar-refractivity contribution in [3.8, 4) is 0 Å². The first-order valence-corrected chi connectivity index (χ1v) is 4.68. The molecule has 1 heterocycles. The van der Waals surface area contributed by atoms with E-state index in [1.165, 1.54) is 17.5 Å². The Balaban J connectivity index is 2.23. The Bertz CT molecular complexity index is 294. The molecule has 0 fully saturated rings. The summed E-state index contributed by atoms with van der Waals surface area (Å²) in [5, 5.41) is 4.08. The molecule has 0 spiro atoms. The molecule has 1 aromatic rings. The topological polar surface area (TPSA) is 50.7 Å². The molecular weight excluding hydrogens is 170 g/mol. The smallest absolute Gasteiger partial charge is 0.108 e. The van der Waals surface area contributed by atoms with E-state index in [0.29, 0.717) is 0 Å². The lowest BCUT2D eigenvalue weighted by Gasteiger charge is -2.03. The van der Waals surface area contributed by atoms with Crippen LogP contribution in [0.1, 0.15) is 11.6 Å². The average Bonchev–Trinajstić information content (AvgIpc) is 2.58. The minimum absolute atomic E-state index is 0.232. The van der Waals surface area contributed by atoms with Gasteiger partial charge in [0.1, 0.15) is 6.04 Å². The Morgan fingerprint density at radius 1 is 1.33 bits per heavy atom. The second-order valence-corrected chi connectivity index (χ2v) is 3.43. The van der Waals surface area contributed by atoms with E-state index in [1.807, 2.05) is 24.3 Å². The van der Waals surface area contributed by atoms with Crippen molar-refractivity contribution < 1.29 is 0 Å². The molecule has 0 saturated heterocycles. The Kier molecular flexibility index (Phi) is 1.99. The van der Waals surface area contributed by atoms with Crippen LogP contribution < -0.4 is 5.73 Å². The number of nitrogens with zero attached hydrogens (tertiary/aromatic N) is 2. The number of nitrogen functional groups attached to an aromatic ring is 1. The summed E-state index contributed by atoms with van der Waals surface area (Å²) in [6.45, 7) is 0. The summed E-state index contributed by atoms with van der Waals surface area (Å²) in [7, 11) is 0. The molecular formula is C8H9N3S. The van der Waals surface area contributed by atoms with Crippen LogP contribution in [0.3, 0.4) is 0 Å². The van der Waals surface area contributed by atoms with Gasteiger partial charge in [-0.05, 0) is 29.6 Å². The van der Waals surface area contributed by atoms with Gasteiger partial charge in [-0.3, -0.25) is 0 Å². The van der Waals surface area contributed by atoms with E-state index in [1.54, 1.807) is 0 Å². The number of nitrogens with two attached hydrogens (primary N) is 1. The molecule has 2 N–H and O–H groups in total. The van der Waals surface area contributed by atoms with E-state index in [4.69, 9.17) is 5.73 Å². The van der Waals surface area contributed by atoms with Crippen molar-refractivity contribution in [2.45, 2.75) is 6.04 Å². The predicted octanol–water partition coefficient (Wildman–Crippen LogP) is 2.42. The number of benzene rings is 1. The van der Waals surface area contributed by atoms with Gasteiger partial charge in [0, 0.05) is 11.4 Å². The zero-order valence-electron chi connectivity index (χ0n) is 6.47. The second kappa shape index (κ2) is 3.15. The fraction of sp³-hybridized carbons (Fsp3) is 0.250. The molecule has 4 heteroatoms. The first-order valence-electron chi connectivity index (χ1n) is 3.74. The van der Waals surface area contributed by atoms with Crippen LogP contribution in [0.25, 0.3) is 0 Å².